The summed E-state index contributed by atoms with van der Waals surface area (Å²) in [5.74, 6) is -0.00786. The Hall–Kier alpha value is -4.00. The summed E-state index contributed by atoms with van der Waals surface area (Å²) in [7, 11) is 1.45. The first-order chi connectivity index (χ1) is 16.0. The number of carbonyl (C=O) groups excluding carboxylic acids is 1. The van der Waals surface area contributed by atoms with Crippen LogP contribution in [0.15, 0.2) is 66.7 Å². The van der Waals surface area contributed by atoms with Crippen LogP contribution in [0.4, 0.5) is 4.79 Å². The predicted octanol–water partition coefficient (Wildman–Crippen LogP) is 4.29. The van der Waals surface area contributed by atoms with Gasteiger partial charge in [0, 0.05) is 19.4 Å². The van der Waals surface area contributed by atoms with Crippen molar-refractivity contribution in [2.24, 2.45) is 0 Å². The van der Waals surface area contributed by atoms with Crippen LogP contribution in [-0.2, 0) is 16.0 Å². The van der Waals surface area contributed by atoms with Crippen molar-refractivity contribution in [3.05, 3.63) is 83.4 Å². The SMILES string of the molecule is CN(C(=O)OCC1c2ccccc2-c2ccccc21)C(Cc1ccc2c(c1)OCO2)C(=O)O. The molecule has 7 nitrogen and oxygen atoms in total. The van der Waals surface area contributed by atoms with Gasteiger partial charge >= 0.3 is 12.1 Å². The maximum Gasteiger partial charge on any atom is 0.410 e. The molecule has 1 unspecified atom stereocenters. The summed E-state index contributed by atoms with van der Waals surface area (Å²) in [6, 6.07) is 20.3. The molecule has 1 atom stereocenters. The van der Waals surface area contributed by atoms with Crippen LogP contribution < -0.4 is 9.47 Å². The summed E-state index contributed by atoms with van der Waals surface area (Å²) in [5, 5.41) is 9.78. The smallest absolute Gasteiger partial charge is 0.410 e. The lowest BCUT2D eigenvalue weighted by Crippen LogP contribution is -2.44. The van der Waals surface area contributed by atoms with Gasteiger partial charge < -0.3 is 19.3 Å². The highest BCUT2D eigenvalue weighted by Gasteiger charge is 2.32. The zero-order valence-corrected chi connectivity index (χ0v) is 18.1. The van der Waals surface area contributed by atoms with E-state index in [0.29, 0.717) is 11.5 Å². The largest absolute Gasteiger partial charge is 0.480 e. The minimum Gasteiger partial charge on any atom is -0.480 e. The lowest BCUT2D eigenvalue weighted by atomic mass is 9.98. The van der Waals surface area contributed by atoms with Gasteiger partial charge in [-0.15, -0.1) is 0 Å². The van der Waals surface area contributed by atoms with E-state index in [2.05, 4.69) is 12.1 Å². The Morgan fingerprint density at radius 2 is 1.64 bits per heavy atom. The third kappa shape index (κ3) is 3.86. The first-order valence-electron chi connectivity index (χ1n) is 10.7. The number of fused-ring (bicyclic) bond motifs is 4. The second-order valence-electron chi connectivity index (χ2n) is 8.16. The highest BCUT2D eigenvalue weighted by atomic mass is 16.7. The fraction of sp³-hybridized carbons (Fsp3) is 0.231. The second kappa shape index (κ2) is 8.50. The van der Waals surface area contributed by atoms with Gasteiger partial charge in [0.15, 0.2) is 11.5 Å². The van der Waals surface area contributed by atoms with Crippen LogP contribution in [0.1, 0.15) is 22.6 Å². The molecule has 1 amide bonds. The van der Waals surface area contributed by atoms with E-state index in [0.717, 1.165) is 32.7 Å². The van der Waals surface area contributed by atoms with Crippen LogP contribution >= 0.6 is 0 Å². The number of amides is 1. The average Bonchev–Trinajstić information content (AvgIpc) is 3.42. The average molecular weight is 445 g/mol. The van der Waals surface area contributed by atoms with Crippen molar-refractivity contribution in [1.29, 1.82) is 0 Å². The molecule has 1 N–H and O–H groups in total. The molecule has 0 spiro atoms. The molecule has 0 radical (unpaired) electrons. The number of carboxylic acid groups (broad SMARTS) is 1. The van der Waals surface area contributed by atoms with E-state index in [-0.39, 0.29) is 25.7 Å². The Balaban J connectivity index is 1.29. The zero-order chi connectivity index (χ0) is 22.9. The summed E-state index contributed by atoms with van der Waals surface area (Å²) in [5.41, 5.74) is 5.20. The first kappa shape index (κ1) is 20.9. The number of carbonyl (C=O) groups is 2. The summed E-state index contributed by atoms with van der Waals surface area (Å²) in [6.07, 6.45) is -0.558. The molecule has 1 aliphatic carbocycles. The fourth-order valence-corrected chi connectivity index (χ4v) is 4.50. The number of rotatable bonds is 6. The van der Waals surface area contributed by atoms with Gasteiger partial charge in [-0.2, -0.15) is 0 Å². The molecule has 7 heteroatoms. The molecule has 3 aromatic rings. The number of ether oxygens (including phenoxy) is 3. The Morgan fingerprint density at radius 3 is 2.30 bits per heavy atom. The molecule has 168 valence electrons. The van der Waals surface area contributed by atoms with Gasteiger partial charge in [-0.25, -0.2) is 9.59 Å². The van der Waals surface area contributed by atoms with Crippen molar-refractivity contribution in [2.45, 2.75) is 18.4 Å². The Labute approximate surface area is 191 Å². The van der Waals surface area contributed by atoms with E-state index in [1.54, 1.807) is 18.2 Å². The molecule has 33 heavy (non-hydrogen) atoms. The number of nitrogens with zero attached hydrogens (tertiary/aromatic N) is 1. The third-order valence-electron chi connectivity index (χ3n) is 6.24. The van der Waals surface area contributed by atoms with E-state index in [9.17, 15) is 14.7 Å². The molecule has 2 aliphatic rings. The summed E-state index contributed by atoms with van der Waals surface area (Å²) in [6.45, 7) is 0.272. The maximum absolute atomic E-state index is 12.8. The van der Waals surface area contributed by atoms with Gasteiger partial charge in [0.05, 0.1) is 0 Å². The van der Waals surface area contributed by atoms with Crippen LogP contribution in [-0.4, -0.2) is 48.6 Å². The second-order valence-corrected chi connectivity index (χ2v) is 8.16. The summed E-state index contributed by atoms with van der Waals surface area (Å²) in [4.78, 5) is 25.9. The van der Waals surface area contributed by atoms with Crippen LogP contribution in [0.2, 0.25) is 0 Å². The number of hydrogen-bond acceptors (Lipinski definition) is 5. The monoisotopic (exact) mass is 445 g/mol. The van der Waals surface area contributed by atoms with Gasteiger partial charge in [0.2, 0.25) is 6.79 Å². The van der Waals surface area contributed by atoms with Crippen molar-refractivity contribution >= 4 is 12.1 Å². The van der Waals surface area contributed by atoms with Crippen LogP contribution in [0.3, 0.4) is 0 Å². The van der Waals surface area contributed by atoms with Crippen molar-refractivity contribution < 1.29 is 28.9 Å². The van der Waals surface area contributed by atoms with Gasteiger partial charge in [0.1, 0.15) is 12.6 Å². The molecular formula is C26H23NO6. The molecule has 3 aromatic carbocycles. The van der Waals surface area contributed by atoms with Crippen molar-refractivity contribution in [3.8, 4) is 22.6 Å². The van der Waals surface area contributed by atoms with Gasteiger partial charge in [-0.3, -0.25) is 4.90 Å². The van der Waals surface area contributed by atoms with Gasteiger partial charge in [-0.1, -0.05) is 54.6 Å². The molecule has 5 rings (SSSR count). The lowest BCUT2D eigenvalue weighted by molar-refractivity contribution is -0.142. The fourth-order valence-electron chi connectivity index (χ4n) is 4.50. The molecule has 1 heterocycles. The first-order valence-corrected chi connectivity index (χ1v) is 10.7. The molecular weight excluding hydrogens is 422 g/mol. The van der Waals surface area contributed by atoms with Crippen LogP contribution in [0.5, 0.6) is 11.5 Å². The predicted molar refractivity (Wildman–Crippen MR) is 121 cm³/mol. The Bertz CT molecular complexity index is 1180. The number of hydrogen-bond donors (Lipinski definition) is 1. The zero-order valence-electron chi connectivity index (χ0n) is 18.1. The number of benzene rings is 3. The molecule has 0 bridgehead atoms. The standard InChI is InChI=1S/C26H23NO6/c1-27(22(25(28)29)12-16-10-11-23-24(13-16)33-15-32-23)26(30)31-14-21-19-8-4-2-6-17(19)18-7-3-5-9-20(18)21/h2-11,13,21-22H,12,14-15H2,1H3,(H,28,29). The molecule has 0 saturated carbocycles. The third-order valence-corrected chi connectivity index (χ3v) is 6.24. The normalized spacial score (nSPS) is 14.3. The topological polar surface area (TPSA) is 85.3 Å². The van der Waals surface area contributed by atoms with E-state index < -0.39 is 18.1 Å². The van der Waals surface area contributed by atoms with E-state index in [1.807, 2.05) is 36.4 Å². The van der Waals surface area contributed by atoms with Gasteiger partial charge in [0.25, 0.3) is 0 Å². The lowest BCUT2D eigenvalue weighted by Gasteiger charge is -2.25. The van der Waals surface area contributed by atoms with Crippen LogP contribution in [0.25, 0.3) is 11.1 Å². The maximum atomic E-state index is 12.8. The Morgan fingerprint density at radius 1 is 1.00 bits per heavy atom. The molecule has 0 saturated heterocycles. The van der Waals surface area contributed by atoms with Crippen LogP contribution in [0, 0.1) is 0 Å². The number of carboxylic acids is 1. The highest BCUT2D eigenvalue weighted by Crippen LogP contribution is 2.44. The molecule has 0 aromatic heterocycles. The summed E-state index contributed by atoms with van der Waals surface area (Å²) >= 11 is 0. The minimum atomic E-state index is -1.11. The van der Waals surface area contributed by atoms with Gasteiger partial charge in [-0.05, 0) is 39.9 Å². The Kier molecular flexibility index (Phi) is 5.38. The molecule has 1 aliphatic heterocycles. The van der Waals surface area contributed by atoms with Crippen molar-refractivity contribution in [1.82, 2.24) is 4.90 Å². The number of aliphatic carboxylic acids is 1. The molecule has 0 fully saturated rings. The summed E-state index contributed by atoms with van der Waals surface area (Å²) < 4.78 is 16.3. The van der Waals surface area contributed by atoms with Crippen molar-refractivity contribution in [2.75, 3.05) is 20.4 Å². The number of likely N-dealkylation sites (N-methyl/N-ethyl adjacent to an activating group) is 1. The minimum absolute atomic E-state index is 0.0908. The highest BCUT2D eigenvalue weighted by molar-refractivity contribution is 5.81. The van der Waals surface area contributed by atoms with E-state index >= 15 is 0 Å². The van der Waals surface area contributed by atoms with Crippen molar-refractivity contribution in [3.63, 3.8) is 0 Å². The quantitative estimate of drug-likeness (QED) is 0.609. The van der Waals surface area contributed by atoms with E-state index in [1.165, 1.54) is 7.05 Å². The van der Waals surface area contributed by atoms with E-state index in [4.69, 9.17) is 14.2 Å².